The molecule has 0 bridgehead atoms. The maximum atomic E-state index is 5.93. The van der Waals surface area contributed by atoms with Gasteiger partial charge in [-0.1, -0.05) is 13.0 Å². The van der Waals surface area contributed by atoms with Gasteiger partial charge in [0.2, 0.25) is 0 Å². The standard InChI is InChI=1S/C14H21NO/c1-5-15-12-8-11(4)16-13-7-9(2)6-10(3)14(12)13/h6-7,11-12,15H,5,8H2,1-4H3. The van der Waals surface area contributed by atoms with E-state index in [1.807, 2.05) is 0 Å². The summed E-state index contributed by atoms with van der Waals surface area (Å²) in [6.45, 7) is 9.60. The number of hydrogen-bond donors (Lipinski definition) is 1. The van der Waals surface area contributed by atoms with Crippen molar-refractivity contribution in [1.29, 1.82) is 0 Å². The Bertz CT molecular complexity index is 387. The maximum Gasteiger partial charge on any atom is 0.125 e. The van der Waals surface area contributed by atoms with Gasteiger partial charge in [-0.25, -0.2) is 0 Å². The lowest BCUT2D eigenvalue weighted by atomic mass is 9.92. The SMILES string of the molecule is CCNC1CC(C)Oc2cc(C)cc(C)c21. The van der Waals surface area contributed by atoms with Crippen molar-refractivity contribution < 1.29 is 4.74 Å². The molecule has 0 saturated carbocycles. The van der Waals surface area contributed by atoms with Crippen molar-refractivity contribution in [1.82, 2.24) is 5.32 Å². The third kappa shape index (κ3) is 2.07. The molecule has 0 aromatic heterocycles. The van der Waals surface area contributed by atoms with Gasteiger partial charge in [-0.05, 0) is 44.5 Å². The summed E-state index contributed by atoms with van der Waals surface area (Å²) in [7, 11) is 0. The molecule has 1 aromatic carbocycles. The predicted molar refractivity (Wildman–Crippen MR) is 67.0 cm³/mol. The van der Waals surface area contributed by atoms with E-state index in [9.17, 15) is 0 Å². The first kappa shape index (κ1) is 11.5. The van der Waals surface area contributed by atoms with Crippen LogP contribution in [0, 0.1) is 13.8 Å². The molecule has 1 N–H and O–H groups in total. The molecular weight excluding hydrogens is 198 g/mol. The van der Waals surface area contributed by atoms with Crippen LogP contribution in [-0.2, 0) is 0 Å². The average molecular weight is 219 g/mol. The fourth-order valence-electron chi connectivity index (χ4n) is 2.63. The maximum absolute atomic E-state index is 5.93. The Labute approximate surface area is 98.0 Å². The van der Waals surface area contributed by atoms with E-state index in [0.29, 0.717) is 12.1 Å². The van der Waals surface area contributed by atoms with Gasteiger partial charge in [0.1, 0.15) is 5.75 Å². The molecule has 0 saturated heterocycles. The monoisotopic (exact) mass is 219 g/mol. The van der Waals surface area contributed by atoms with Crippen LogP contribution in [0.1, 0.15) is 43.0 Å². The second-order valence-electron chi connectivity index (χ2n) is 4.77. The van der Waals surface area contributed by atoms with Crippen molar-refractivity contribution in [3.63, 3.8) is 0 Å². The minimum Gasteiger partial charge on any atom is -0.490 e. The summed E-state index contributed by atoms with van der Waals surface area (Å²) in [4.78, 5) is 0. The van der Waals surface area contributed by atoms with Gasteiger partial charge in [-0.3, -0.25) is 0 Å². The van der Waals surface area contributed by atoms with E-state index in [1.54, 1.807) is 0 Å². The molecule has 2 rings (SSSR count). The van der Waals surface area contributed by atoms with Crippen LogP contribution >= 0.6 is 0 Å². The minimum absolute atomic E-state index is 0.303. The number of benzene rings is 1. The molecule has 2 nitrogen and oxygen atoms in total. The topological polar surface area (TPSA) is 21.3 Å². The van der Waals surface area contributed by atoms with Crippen LogP contribution in [0.5, 0.6) is 5.75 Å². The Hall–Kier alpha value is -1.02. The number of hydrogen-bond acceptors (Lipinski definition) is 2. The summed E-state index contributed by atoms with van der Waals surface area (Å²) in [5.74, 6) is 1.07. The highest BCUT2D eigenvalue weighted by atomic mass is 16.5. The van der Waals surface area contributed by atoms with E-state index in [0.717, 1.165) is 18.7 Å². The summed E-state index contributed by atoms with van der Waals surface area (Å²) < 4.78 is 5.93. The van der Waals surface area contributed by atoms with E-state index in [4.69, 9.17) is 4.74 Å². The van der Waals surface area contributed by atoms with Gasteiger partial charge in [0.15, 0.2) is 0 Å². The van der Waals surface area contributed by atoms with Gasteiger partial charge in [0, 0.05) is 18.0 Å². The van der Waals surface area contributed by atoms with E-state index < -0.39 is 0 Å². The molecule has 16 heavy (non-hydrogen) atoms. The molecule has 88 valence electrons. The first-order valence-corrected chi connectivity index (χ1v) is 6.13. The van der Waals surface area contributed by atoms with Crippen molar-refractivity contribution in [2.45, 2.75) is 46.3 Å². The molecule has 1 aliphatic heterocycles. The summed E-state index contributed by atoms with van der Waals surface area (Å²) in [5, 5.41) is 3.55. The van der Waals surface area contributed by atoms with Gasteiger partial charge >= 0.3 is 0 Å². The predicted octanol–water partition coefficient (Wildman–Crippen LogP) is 3.13. The van der Waals surface area contributed by atoms with Crippen LogP contribution in [-0.4, -0.2) is 12.6 Å². The fourth-order valence-corrected chi connectivity index (χ4v) is 2.63. The van der Waals surface area contributed by atoms with Crippen molar-refractivity contribution >= 4 is 0 Å². The lowest BCUT2D eigenvalue weighted by molar-refractivity contribution is 0.166. The first-order chi connectivity index (χ1) is 7.61. The summed E-state index contributed by atoms with van der Waals surface area (Å²) in [5.41, 5.74) is 3.97. The molecule has 0 aliphatic carbocycles. The Morgan fingerprint density at radius 3 is 2.81 bits per heavy atom. The van der Waals surface area contributed by atoms with Gasteiger partial charge in [-0.2, -0.15) is 0 Å². The van der Waals surface area contributed by atoms with E-state index in [1.165, 1.54) is 16.7 Å². The lowest BCUT2D eigenvalue weighted by Crippen LogP contribution is -2.32. The summed E-state index contributed by atoms with van der Waals surface area (Å²) in [6, 6.07) is 4.84. The second kappa shape index (κ2) is 4.46. The zero-order chi connectivity index (χ0) is 11.7. The fraction of sp³-hybridized carbons (Fsp3) is 0.571. The van der Waals surface area contributed by atoms with E-state index in [-0.39, 0.29) is 0 Å². The molecule has 2 atom stereocenters. The molecule has 0 spiro atoms. The van der Waals surface area contributed by atoms with E-state index >= 15 is 0 Å². The van der Waals surface area contributed by atoms with Crippen molar-refractivity contribution in [3.8, 4) is 5.75 Å². The Kier molecular flexibility index (Phi) is 3.20. The van der Waals surface area contributed by atoms with Crippen LogP contribution < -0.4 is 10.1 Å². The molecule has 0 fully saturated rings. The van der Waals surface area contributed by atoms with Crippen LogP contribution in [0.2, 0.25) is 0 Å². The first-order valence-electron chi connectivity index (χ1n) is 6.13. The highest BCUT2D eigenvalue weighted by Crippen LogP contribution is 2.37. The third-order valence-corrected chi connectivity index (χ3v) is 3.19. The highest BCUT2D eigenvalue weighted by Gasteiger charge is 2.26. The number of fused-ring (bicyclic) bond motifs is 1. The van der Waals surface area contributed by atoms with Crippen LogP contribution in [0.15, 0.2) is 12.1 Å². The zero-order valence-electron chi connectivity index (χ0n) is 10.6. The van der Waals surface area contributed by atoms with Gasteiger partial charge in [0.25, 0.3) is 0 Å². The summed E-state index contributed by atoms with van der Waals surface area (Å²) >= 11 is 0. The number of aryl methyl sites for hydroxylation is 2. The molecule has 0 radical (unpaired) electrons. The second-order valence-corrected chi connectivity index (χ2v) is 4.77. The van der Waals surface area contributed by atoms with Crippen molar-refractivity contribution in [2.75, 3.05) is 6.54 Å². The third-order valence-electron chi connectivity index (χ3n) is 3.19. The van der Waals surface area contributed by atoms with Gasteiger partial charge in [-0.15, -0.1) is 0 Å². The van der Waals surface area contributed by atoms with Crippen LogP contribution in [0.3, 0.4) is 0 Å². The van der Waals surface area contributed by atoms with Crippen LogP contribution in [0.25, 0.3) is 0 Å². The highest BCUT2D eigenvalue weighted by molar-refractivity contribution is 5.46. The molecule has 0 amide bonds. The summed E-state index contributed by atoms with van der Waals surface area (Å²) in [6.07, 6.45) is 1.36. The Balaban J connectivity index is 2.44. The smallest absolute Gasteiger partial charge is 0.125 e. The average Bonchev–Trinajstić information content (AvgIpc) is 2.15. The largest absolute Gasteiger partial charge is 0.490 e. The van der Waals surface area contributed by atoms with Crippen LogP contribution in [0.4, 0.5) is 0 Å². The lowest BCUT2D eigenvalue weighted by Gasteiger charge is -2.32. The van der Waals surface area contributed by atoms with E-state index in [2.05, 4.69) is 45.1 Å². The number of nitrogens with one attached hydrogen (secondary N) is 1. The zero-order valence-corrected chi connectivity index (χ0v) is 10.6. The van der Waals surface area contributed by atoms with Gasteiger partial charge < -0.3 is 10.1 Å². The molecule has 2 unspecified atom stereocenters. The Morgan fingerprint density at radius 1 is 1.38 bits per heavy atom. The van der Waals surface area contributed by atoms with Gasteiger partial charge in [0.05, 0.1) is 6.10 Å². The van der Waals surface area contributed by atoms with Crippen molar-refractivity contribution in [3.05, 3.63) is 28.8 Å². The number of ether oxygens (including phenoxy) is 1. The normalized spacial score (nSPS) is 23.8. The number of rotatable bonds is 2. The van der Waals surface area contributed by atoms with Crippen molar-refractivity contribution in [2.24, 2.45) is 0 Å². The minimum atomic E-state index is 0.303. The molecular formula is C14H21NO. The quantitative estimate of drug-likeness (QED) is 0.825. The Morgan fingerprint density at radius 2 is 2.12 bits per heavy atom. The molecule has 2 heteroatoms. The molecule has 1 aromatic rings. The molecule has 1 aliphatic rings. The molecule has 1 heterocycles.